The highest BCUT2D eigenvalue weighted by molar-refractivity contribution is 6.29. The molecule has 4 N–H and O–H groups in total. The average molecular weight is 520 g/mol. The predicted molar refractivity (Wildman–Crippen MR) is 141 cm³/mol. The number of methoxy groups -OCH3 is 1. The lowest BCUT2D eigenvalue weighted by atomic mass is 10.1. The van der Waals surface area contributed by atoms with E-state index in [9.17, 15) is 9.59 Å². The highest BCUT2D eigenvalue weighted by Crippen LogP contribution is 2.28. The zero-order chi connectivity index (χ0) is 26.3. The maximum absolute atomic E-state index is 13.5. The number of aryl methyl sites for hydroxylation is 2. The van der Waals surface area contributed by atoms with Crippen molar-refractivity contribution >= 4 is 51.7 Å². The number of pyridine rings is 1. The molecule has 0 atom stereocenters. The fraction of sp³-hybridized carbons (Fsp3) is 0.167. The zero-order valence-electron chi connectivity index (χ0n) is 20.1. The number of carbonyl (C=O) groups is 1. The molecule has 0 spiro atoms. The molecule has 5 rings (SSSR count). The normalized spacial score (nSPS) is 11.1. The molecule has 4 aromatic heterocycles. The monoisotopic (exact) mass is 519 g/mol. The van der Waals surface area contributed by atoms with Gasteiger partial charge in [-0.2, -0.15) is 0 Å². The van der Waals surface area contributed by atoms with Crippen molar-refractivity contribution in [3.05, 3.63) is 69.6 Å². The van der Waals surface area contributed by atoms with Crippen LogP contribution in [0.5, 0.6) is 0 Å². The van der Waals surface area contributed by atoms with Crippen LogP contribution in [-0.4, -0.2) is 42.1 Å². The number of nitrogens with one attached hydrogen (secondary N) is 2. The molecule has 4 heterocycles. The number of anilines is 3. The molecule has 0 aliphatic rings. The van der Waals surface area contributed by atoms with Gasteiger partial charge in [0.1, 0.15) is 22.8 Å². The van der Waals surface area contributed by atoms with Crippen LogP contribution in [0, 0.1) is 6.92 Å². The summed E-state index contributed by atoms with van der Waals surface area (Å²) >= 11 is 6.02. The molecule has 0 fully saturated rings. The molecule has 0 aliphatic carbocycles. The molecule has 0 unspecified atom stereocenters. The van der Waals surface area contributed by atoms with Crippen LogP contribution in [0.1, 0.15) is 11.1 Å². The molecule has 1 aromatic carbocycles. The van der Waals surface area contributed by atoms with Gasteiger partial charge in [-0.1, -0.05) is 17.7 Å². The van der Waals surface area contributed by atoms with Crippen LogP contribution in [0.4, 0.5) is 22.2 Å². The first-order valence-corrected chi connectivity index (χ1v) is 11.5. The standard InChI is InChI=1S/C24H22ClN9O3/c1-12-6-13(8-27-16-4-5-17(25)31-20(16)32-24(36)37-3)19-15(7-12)22(35)33(2)21-18(30-11-34(19)21)14-9-28-23(26)29-10-14/h4-7,9-11,27H,8H2,1-3H3,(H2,26,28,29)(H,31,32,36). The van der Waals surface area contributed by atoms with Crippen molar-refractivity contribution in [1.82, 2.24) is 28.9 Å². The van der Waals surface area contributed by atoms with Gasteiger partial charge in [0, 0.05) is 31.5 Å². The van der Waals surface area contributed by atoms with Gasteiger partial charge in [0.05, 0.1) is 23.7 Å². The van der Waals surface area contributed by atoms with E-state index in [1.807, 2.05) is 23.5 Å². The Morgan fingerprint density at radius 2 is 1.95 bits per heavy atom. The third kappa shape index (κ3) is 4.38. The van der Waals surface area contributed by atoms with Gasteiger partial charge in [0.25, 0.3) is 5.56 Å². The zero-order valence-corrected chi connectivity index (χ0v) is 20.9. The fourth-order valence-corrected chi connectivity index (χ4v) is 4.36. The summed E-state index contributed by atoms with van der Waals surface area (Å²) in [5, 5.41) is 6.57. The van der Waals surface area contributed by atoms with Gasteiger partial charge in [0.2, 0.25) is 5.95 Å². The third-order valence-electron chi connectivity index (χ3n) is 5.85. The molecule has 37 heavy (non-hydrogen) atoms. The molecule has 188 valence electrons. The number of amides is 1. The van der Waals surface area contributed by atoms with Gasteiger partial charge in [0.15, 0.2) is 5.82 Å². The molecule has 5 aromatic rings. The van der Waals surface area contributed by atoms with Gasteiger partial charge in [-0.3, -0.25) is 19.1 Å². The smallest absolute Gasteiger partial charge is 0.412 e. The van der Waals surface area contributed by atoms with Crippen LogP contribution in [-0.2, 0) is 18.3 Å². The van der Waals surface area contributed by atoms with Crippen LogP contribution in [0.3, 0.4) is 0 Å². The average Bonchev–Trinajstić information content (AvgIpc) is 3.32. The number of aromatic nitrogens is 6. The molecule has 0 aliphatic heterocycles. The molecular weight excluding hydrogens is 498 g/mol. The van der Waals surface area contributed by atoms with E-state index in [2.05, 4.69) is 35.3 Å². The van der Waals surface area contributed by atoms with Crippen molar-refractivity contribution in [3.8, 4) is 11.3 Å². The maximum Gasteiger partial charge on any atom is 0.412 e. The number of nitrogens with two attached hydrogens (primary N) is 1. The summed E-state index contributed by atoms with van der Waals surface area (Å²) in [5.74, 6) is 0.360. The first-order chi connectivity index (χ1) is 17.8. The van der Waals surface area contributed by atoms with E-state index in [-0.39, 0.29) is 22.5 Å². The van der Waals surface area contributed by atoms with E-state index < -0.39 is 6.09 Å². The van der Waals surface area contributed by atoms with Crippen LogP contribution in [0.25, 0.3) is 27.8 Å². The number of carbonyl (C=O) groups excluding carboxylic acids is 1. The number of ether oxygens (including phenoxy) is 1. The second-order valence-corrected chi connectivity index (χ2v) is 8.69. The van der Waals surface area contributed by atoms with Crippen molar-refractivity contribution in [2.45, 2.75) is 13.5 Å². The minimum Gasteiger partial charge on any atom is -0.453 e. The summed E-state index contributed by atoms with van der Waals surface area (Å²) in [6, 6.07) is 7.13. The SMILES string of the molecule is COC(=O)Nc1nc(Cl)ccc1NCc1cc(C)cc2c(=O)n(C)c3c(-c4cnc(N)nc4)ncn3c12. The molecule has 13 heteroatoms. The molecular formula is C24H22ClN9O3. The van der Waals surface area contributed by atoms with Crippen molar-refractivity contribution in [3.63, 3.8) is 0 Å². The van der Waals surface area contributed by atoms with Crippen LogP contribution >= 0.6 is 11.6 Å². The predicted octanol–water partition coefficient (Wildman–Crippen LogP) is 3.37. The first kappa shape index (κ1) is 24.0. The second-order valence-electron chi connectivity index (χ2n) is 8.30. The van der Waals surface area contributed by atoms with E-state index in [0.717, 1.165) is 11.1 Å². The fourth-order valence-electron chi connectivity index (χ4n) is 4.21. The lowest BCUT2D eigenvalue weighted by Crippen LogP contribution is -2.21. The first-order valence-electron chi connectivity index (χ1n) is 11.1. The number of fused-ring (bicyclic) bond motifs is 3. The van der Waals surface area contributed by atoms with Gasteiger partial charge in [-0.05, 0) is 36.2 Å². The number of nitrogen functional groups attached to an aromatic ring is 1. The quantitative estimate of drug-likeness (QED) is 0.296. The Bertz CT molecular complexity index is 1730. The highest BCUT2D eigenvalue weighted by atomic mass is 35.5. The molecule has 0 saturated carbocycles. The number of halogens is 1. The second kappa shape index (κ2) is 9.39. The summed E-state index contributed by atoms with van der Waals surface area (Å²) in [6.45, 7) is 2.23. The minimum absolute atomic E-state index is 0.146. The summed E-state index contributed by atoms with van der Waals surface area (Å²) in [7, 11) is 2.96. The van der Waals surface area contributed by atoms with E-state index in [1.165, 1.54) is 7.11 Å². The molecule has 0 bridgehead atoms. The highest BCUT2D eigenvalue weighted by Gasteiger charge is 2.19. The molecule has 12 nitrogen and oxygen atoms in total. The Labute approximate surface area is 215 Å². The Balaban J connectivity index is 1.65. The summed E-state index contributed by atoms with van der Waals surface area (Å²) < 4.78 is 8.10. The Morgan fingerprint density at radius 3 is 2.68 bits per heavy atom. The largest absolute Gasteiger partial charge is 0.453 e. The molecule has 0 saturated heterocycles. The van der Waals surface area contributed by atoms with Crippen molar-refractivity contribution in [2.75, 3.05) is 23.5 Å². The van der Waals surface area contributed by atoms with E-state index in [1.54, 1.807) is 42.5 Å². The number of benzene rings is 1. The molecule has 1 amide bonds. The Kier molecular flexibility index (Phi) is 6.09. The van der Waals surface area contributed by atoms with Crippen LogP contribution < -0.4 is 21.9 Å². The van der Waals surface area contributed by atoms with Gasteiger partial charge in [-0.15, -0.1) is 0 Å². The summed E-state index contributed by atoms with van der Waals surface area (Å²) in [6.07, 6.45) is 4.12. The lowest BCUT2D eigenvalue weighted by molar-refractivity contribution is 0.187. The summed E-state index contributed by atoms with van der Waals surface area (Å²) in [5.41, 5.74) is 10.2. The van der Waals surface area contributed by atoms with Crippen molar-refractivity contribution < 1.29 is 9.53 Å². The topological polar surface area (TPSA) is 154 Å². The number of hydrogen-bond acceptors (Lipinski definition) is 9. The minimum atomic E-state index is -0.679. The van der Waals surface area contributed by atoms with Crippen molar-refractivity contribution in [2.24, 2.45) is 7.05 Å². The maximum atomic E-state index is 13.5. The number of nitrogens with zero attached hydrogens (tertiary/aromatic N) is 6. The summed E-state index contributed by atoms with van der Waals surface area (Å²) in [4.78, 5) is 42.1. The number of rotatable bonds is 5. The van der Waals surface area contributed by atoms with Gasteiger partial charge >= 0.3 is 6.09 Å². The van der Waals surface area contributed by atoms with Gasteiger partial charge in [-0.25, -0.2) is 24.7 Å². The Morgan fingerprint density at radius 1 is 1.19 bits per heavy atom. The van der Waals surface area contributed by atoms with Crippen LogP contribution in [0.2, 0.25) is 5.15 Å². The van der Waals surface area contributed by atoms with E-state index in [0.29, 0.717) is 40.0 Å². The Hall–Kier alpha value is -4.71. The third-order valence-corrected chi connectivity index (χ3v) is 6.06. The van der Waals surface area contributed by atoms with E-state index >= 15 is 0 Å². The lowest BCUT2D eigenvalue weighted by Gasteiger charge is -2.16. The molecule has 0 radical (unpaired) electrons. The number of imidazole rings is 1. The number of hydrogen-bond donors (Lipinski definition) is 3. The van der Waals surface area contributed by atoms with Crippen LogP contribution in [0.15, 0.2) is 47.8 Å². The van der Waals surface area contributed by atoms with Gasteiger partial charge < -0.3 is 15.8 Å². The van der Waals surface area contributed by atoms with E-state index in [4.69, 9.17) is 17.3 Å². The van der Waals surface area contributed by atoms with Crippen molar-refractivity contribution in [1.29, 1.82) is 0 Å².